The van der Waals surface area contributed by atoms with Crippen molar-refractivity contribution in [1.82, 2.24) is 0 Å². The number of allylic oxidation sites excluding steroid dienone is 12. The average molecular weight is 1090 g/mol. The molecule has 0 fully saturated rings. The first-order valence-electron chi connectivity index (χ1n) is 33.9. The first-order chi connectivity index (χ1) is 38.5. The first kappa shape index (κ1) is 74.8. The molecule has 0 heterocycles. The van der Waals surface area contributed by atoms with Gasteiger partial charge in [0.2, 0.25) is 0 Å². The van der Waals surface area contributed by atoms with Crippen LogP contribution in [0.2, 0.25) is 0 Å². The van der Waals surface area contributed by atoms with Crippen molar-refractivity contribution in [2.24, 2.45) is 0 Å². The standard InChI is InChI=1S/C72H128O6/c1-4-7-10-13-16-19-22-25-28-30-32-33-34-35-36-37-38-39-40-42-44-47-50-53-56-59-62-65-71(74)77-68-69(67-76-70(73)64-61-58-55-52-49-46-43-27-24-21-18-15-12-9-6-3)78-72(75)66-63-60-57-54-51-48-45-41-31-29-26-23-20-17-14-11-8-5-2/h7,10,16,19,25,27-28,32-33,35-36,43,69H,4-6,8-9,11-15,17-18,20-24,26,29-31,34,37-42,44-68H2,1-3H3/b10-7-,19-16-,28-25-,33-32-,36-35-,43-27-. The van der Waals surface area contributed by atoms with Gasteiger partial charge < -0.3 is 14.2 Å². The van der Waals surface area contributed by atoms with Crippen LogP contribution in [0.15, 0.2) is 72.9 Å². The van der Waals surface area contributed by atoms with Crippen LogP contribution in [0.5, 0.6) is 0 Å². The fraction of sp³-hybridized carbons (Fsp3) is 0.792. The van der Waals surface area contributed by atoms with E-state index in [1.54, 1.807) is 0 Å². The minimum atomic E-state index is -0.779. The number of ether oxygens (including phenoxy) is 3. The Morgan fingerprint density at radius 3 is 0.795 bits per heavy atom. The van der Waals surface area contributed by atoms with Crippen LogP contribution in [0.1, 0.15) is 348 Å². The van der Waals surface area contributed by atoms with Crippen LogP contribution in [0, 0.1) is 0 Å². The van der Waals surface area contributed by atoms with E-state index in [9.17, 15) is 14.4 Å². The van der Waals surface area contributed by atoms with Crippen molar-refractivity contribution in [2.45, 2.75) is 354 Å². The molecule has 0 radical (unpaired) electrons. The summed E-state index contributed by atoms with van der Waals surface area (Å²) in [6.45, 7) is 6.57. The summed E-state index contributed by atoms with van der Waals surface area (Å²) in [6.07, 6.45) is 86.3. The van der Waals surface area contributed by atoms with Crippen LogP contribution in [0.3, 0.4) is 0 Å². The molecule has 0 saturated heterocycles. The number of hydrogen-bond acceptors (Lipinski definition) is 6. The number of esters is 3. The van der Waals surface area contributed by atoms with Crippen molar-refractivity contribution in [3.05, 3.63) is 72.9 Å². The zero-order valence-electron chi connectivity index (χ0n) is 51.9. The molecule has 78 heavy (non-hydrogen) atoms. The SMILES string of the molecule is CC/C=C\C/C=C\C/C=C\C/C=C\C/C=C\CCCCCCCCCCCCCC(=O)OCC(COC(=O)CCCCCCC/C=C\CCCCCCCC)OC(=O)CCCCCCCCCCCCCCCCCCCC. The summed E-state index contributed by atoms with van der Waals surface area (Å²) in [5.74, 6) is -0.866. The van der Waals surface area contributed by atoms with Crippen LogP contribution >= 0.6 is 0 Å². The predicted molar refractivity (Wildman–Crippen MR) is 339 cm³/mol. The first-order valence-corrected chi connectivity index (χ1v) is 33.9. The average Bonchev–Trinajstić information content (AvgIpc) is 3.44. The summed E-state index contributed by atoms with van der Waals surface area (Å²) in [5.41, 5.74) is 0. The van der Waals surface area contributed by atoms with E-state index in [1.165, 1.54) is 212 Å². The van der Waals surface area contributed by atoms with Gasteiger partial charge in [0.25, 0.3) is 0 Å². The minimum absolute atomic E-state index is 0.0756. The Kier molecular flexibility index (Phi) is 63.7. The van der Waals surface area contributed by atoms with E-state index in [0.29, 0.717) is 19.3 Å². The molecule has 0 rings (SSSR count). The van der Waals surface area contributed by atoms with Gasteiger partial charge in [0, 0.05) is 19.3 Å². The van der Waals surface area contributed by atoms with Crippen LogP contribution in [0.25, 0.3) is 0 Å². The van der Waals surface area contributed by atoms with E-state index in [0.717, 1.165) is 96.3 Å². The summed E-state index contributed by atoms with van der Waals surface area (Å²) < 4.78 is 17.0. The Bertz CT molecular complexity index is 1440. The zero-order chi connectivity index (χ0) is 56.4. The Labute approximate surface area is 484 Å². The summed E-state index contributed by atoms with van der Waals surface area (Å²) in [6, 6.07) is 0. The molecule has 0 aliphatic carbocycles. The van der Waals surface area contributed by atoms with Crippen LogP contribution in [-0.2, 0) is 28.6 Å². The molecule has 0 saturated carbocycles. The van der Waals surface area contributed by atoms with Gasteiger partial charge >= 0.3 is 17.9 Å². The van der Waals surface area contributed by atoms with Crippen molar-refractivity contribution >= 4 is 17.9 Å². The monoisotopic (exact) mass is 1090 g/mol. The Morgan fingerprint density at radius 2 is 0.500 bits per heavy atom. The third-order valence-corrected chi connectivity index (χ3v) is 14.9. The maximum Gasteiger partial charge on any atom is 0.306 e. The summed E-state index contributed by atoms with van der Waals surface area (Å²) >= 11 is 0. The molecule has 0 aliphatic heterocycles. The van der Waals surface area contributed by atoms with Gasteiger partial charge in [0.15, 0.2) is 6.10 Å². The van der Waals surface area contributed by atoms with E-state index in [1.807, 2.05) is 0 Å². The molecule has 1 atom stereocenters. The molecule has 1 unspecified atom stereocenters. The number of rotatable bonds is 62. The fourth-order valence-corrected chi connectivity index (χ4v) is 9.88. The normalized spacial score (nSPS) is 12.5. The van der Waals surface area contributed by atoms with Gasteiger partial charge in [-0.1, -0.05) is 312 Å². The largest absolute Gasteiger partial charge is 0.462 e. The topological polar surface area (TPSA) is 78.9 Å². The highest BCUT2D eigenvalue weighted by atomic mass is 16.6. The fourth-order valence-electron chi connectivity index (χ4n) is 9.88. The molecule has 0 spiro atoms. The predicted octanol–water partition coefficient (Wildman–Crippen LogP) is 23.3. The van der Waals surface area contributed by atoms with Gasteiger partial charge in [0.05, 0.1) is 0 Å². The summed E-state index contributed by atoms with van der Waals surface area (Å²) in [7, 11) is 0. The number of carbonyl (C=O) groups is 3. The van der Waals surface area contributed by atoms with Gasteiger partial charge in [-0.2, -0.15) is 0 Å². The quantitative estimate of drug-likeness (QED) is 0.0261. The number of unbranched alkanes of at least 4 members (excludes halogenated alkanes) is 39. The van der Waals surface area contributed by atoms with E-state index >= 15 is 0 Å². The Balaban J connectivity index is 4.30. The van der Waals surface area contributed by atoms with E-state index in [4.69, 9.17) is 14.2 Å². The molecular weight excluding hydrogens is 961 g/mol. The second kappa shape index (κ2) is 66.4. The maximum atomic E-state index is 12.9. The lowest BCUT2D eigenvalue weighted by atomic mass is 10.0. The molecule has 6 nitrogen and oxygen atoms in total. The van der Waals surface area contributed by atoms with E-state index in [2.05, 4.69) is 93.7 Å². The molecule has 0 aliphatic rings. The zero-order valence-corrected chi connectivity index (χ0v) is 51.9. The molecule has 6 heteroatoms. The third-order valence-electron chi connectivity index (χ3n) is 14.9. The van der Waals surface area contributed by atoms with Gasteiger partial charge in [0.1, 0.15) is 13.2 Å². The minimum Gasteiger partial charge on any atom is -0.462 e. The van der Waals surface area contributed by atoms with Crippen LogP contribution < -0.4 is 0 Å². The second-order valence-corrected chi connectivity index (χ2v) is 22.7. The lowest BCUT2D eigenvalue weighted by Crippen LogP contribution is -2.30. The van der Waals surface area contributed by atoms with Crippen LogP contribution in [-0.4, -0.2) is 37.2 Å². The molecule has 452 valence electrons. The lowest BCUT2D eigenvalue weighted by molar-refractivity contribution is -0.167. The third kappa shape index (κ3) is 63.7. The molecule has 0 N–H and O–H groups in total. The van der Waals surface area contributed by atoms with Gasteiger partial charge in [-0.05, 0) is 89.9 Å². The molecule has 0 bridgehead atoms. The van der Waals surface area contributed by atoms with E-state index < -0.39 is 6.10 Å². The highest BCUT2D eigenvalue weighted by Crippen LogP contribution is 2.17. The number of carbonyl (C=O) groups excluding carboxylic acids is 3. The Hall–Kier alpha value is -3.15. The smallest absolute Gasteiger partial charge is 0.306 e. The number of hydrogen-bond donors (Lipinski definition) is 0. The van der Waals surface area contributed by atoms with Gasteiger partial charge in [-0.25, -0.2) is 0 Å². The molecule has 0 aromatic carbocycles. The lowest BCUT2D eigenvalue weighted by Gasteiger charge is -2.18. The summed E-state index contributed by atoms with van der Waals surface area (Å²) in [5, 5.41) is 0. The van der Waals surface area contributed by atoms with Crippen molar-refractivity contribution in [2.75, 3.05) is 13.2 Å². The molecular formula is C72H128O6. The van der Waals surface area contributed by atoms with E-state index in [-0.39, 0.29) is 31.1 Å². The molecule has 0 amide bonds. The highest BCUT2D eigenvalue weighted by Gasteiger charge is 2.19. The summed E-state index contributed by atoms with van der Waals surface area (Å²) in [4.78, 5) is 38.4. The van der Waals surface area contributed by atoms with Crippen molar-refractivity contribution in [3.63, 3.8) is 0 Å². The Morgan fingerprint density at radius 1 is 0.269 bits per heavy atom. The molecule has 0 aromatic rings. The second-order valence-electron chi connectivity index (χ2n) is 22.7. The van der Waals surface area contributed by atoms with Crippen molar-refractivity contribution < 1.29 is 28.6 Å². The molecule has 0 aromatic heterocycles. The van der Waals surface area contributed by atoms with Crippen molar-refractivity contribution in [3.8, 4) is 0 Å². The van der Waals surface area contributed by atoms with Crippen LogP contribution in [0.4, 0.5) is 0 Å². The van der Waals surface area contributed by atoms with Gasteiger partial charge in [-0.3, -0.25) is 14.4 Å². The maximum absolute atomic E-state index is 12.9. The van der Waals surface area contributed by atoms with Crippen molar-refractivity contribution in [1.29, 1.82) is 0 Å². The highest BCUT2D eigenvalue weighted by molar-refractivity contribution is 5.71. The van der Waals surface area contributed by atoms with Gasteiger partial charge in [-0.15, -0.1) is 0 Å².